The molecular formula is C7H13O. The lowest BCUT2D eigenvalue weighted by Gasteiger charge is -2.14. The zero-order valence-corrected chi connectivity index (χ0v) is 5.82. The van der Waals surface area contributed by atoms with E-state index >= 15 is 0 Å². The molecule has 0 unspecified atom stereocenters. The van der Waals surface area contributed by atoms with Gasteiger partial charge < -0.3 is 0 Å². The van der Waals surface area contributed by atoms with Crippen molar-refractivity contribution >= 4 is 6.29 Å². The van der Waals surface area contributed by atoms with E-state index in [4.69, 9.17) is 0 Å². The summed E-state index contributed by atoms with van der Waals surface area (Å²) in [5.74, 6) is 0. The number of carbonyl (C=O) groups excluding carboxylic acids is 1. The van der Waals surface area contributed by atoms with Crippen molar-refractivity contribution < 1.29 is 4.79 Å². The lowest BCUT2D eigenvalue weighted by molar-refractivity contribution is 0.381. The molecule has 0 atom stereocenters. The van der Waals surface area contributed by atoms with E-state index in [0.29, 0.717) is 6.42 Å². The molecule has 0 aliphatic heterocycles. The van der Waals surface area contributed by atoms with Crippen molar-refractivity contribution in [1.82, 2.24) is 0 Å². The fourth-order valence-electron chi connectivity index (χ4n) is 0.426. The van der Waals surface area contributed by atoms with Crippen LogP contribution in [0.5, 0.6) is 0 Å². The molecule has 0 aromatic heterocycles. The Morgan fingerprint density at radius 1 is 1.38 bits per heavy atom. The van der Waals surface area contributed by atoms with E-state index in [1.165, 1.54) is 0 Å². The molecule has 1 nitrogen and oxygen atoms in total. The molecule has 0 saturated carbocycles. The monoisotopic (exact) mass is 113 g/mol. The molecule has 0 spiro atoms. The van der Waals surface area contributed by atoms with E-state index in [-0.39, 0.29) is 5.41 Å². The molecule has 47 valence electrons. The summed E-state index contributed by atoms with van der Waals surface area (Å²) in [7, 11) is 0. The standard InChI is InChI=1S/C7H13O/c1-7(2,3)5-4-6-8/h4-5H2,1-3H3. The highest BCUT2D eigenvalue weighted by Gasteiger charge is 2.07. The number of rotatable bonds is 2. The Labute approximate surface area is 51.1 Å². The summed E-state index contributed by atoms with van der Waals surface area (Å²) in [4.78, 5) is 9.73. The molecule has 1 heteroatoms. The highest BCUT2D eigenvalue weighted by Crippen LogP contribution is 2.18. The van der Waals surface area contributed by atoms with Gasteiger partial charge in [0.05, 0.1) is 0 Å². The van der Waals surface area contributed by atoms with E-state index in [0.717, 1.165) is 6.42 Å². The lowest BCUT2D eigenvalue weighted by Crippen LogP contribution is -2.03. The summed E-state index contributed by atoms with van der Waals surface area (Å²) in [6.45, 7) is 6.35. The molecule has 0 aliphatic carbocycles. The van der Waals surface area contributed by atoms with Gasteiger partial charge in [0.15, 0.2) is 6.29 Å². The van der Waals surface area contributed by atoms with Gasteiger partial charge in [-0.05, 0) is 11.8 Å². The second kappa shape index (κ2) is 2.85. The third kappa shape index (κ3) is 5.67. The molecule has 0 aromatic rings. The SMILES string of the molecule is CC(C)(C)CC[C]=O. The summed E-state index contributed by atoms with van der Waals surface area (Å²) in [6, 6.07) is 0. The minimum Gasteiger partial charge on any atom is -0.291 e. The Bertz CT molecular complexity index is 68.9. The van der Waals surface area contributed by atoms with E-state index in [9.17, 15) is 4.79 Å². The Morgan fingerprint density at radius 2 is 1.88 bits per heavy atom. The largest absolute Gasteiger partial charge is 0.291 e. The van der Waals surface area contributed by atoms with Crippen LogP contribution in [0, 0.1) is 5.41 Å². The zero-order valence-electron chi connectivity index (χ0n) is 5.82. The maximum absolute atomic E-state index is 9.73. The summed E-state index contributed by atoms with van der Waals surface area (Å²) < 4.78 is 0. The molecule has 0 heterocycles. The van der Waals surface area contributed by atoms with Gasteiger partial charge in [-0.3, -0.25) is 4.79 Å². The van der Waals surface area contributed by atoms with Crippen LogP contribution in [-0.2, 0) is 4.79 Å². The van der Waals surface area contributed by atoms with Crippen molar-refractivity contribution in [3.8, 4) is 0 Å². The van der Waals surface area contributed by atoms with Crippen molar-refractivity contribution in [3.63, 3.8) is 0 Å². The van der Waals surface area contributed by atoms with Crippen LogP contribution >= 0.6 is 0 Å². The van der Waals surface area contributed by atoms with Gasteiger partial charge in [-0.25, -0.2) is 0 Å². The molecule has 0 N–H and O–H groups in total. The lowest BCUT2D eigenvalue weighted by atomic mass is 9.91. The van der Waals surface area contributed by atoms with Crippen molar-refractivity contribution in [2.24, 2.45) is 5.41 Å². The predicted molar refractivity (Wildman–Crippen MR) is 34.4 cm³/mol. The van der Waals surface area contributed by atoms with Gasteiger partial charge in [0, 0.05) is 6.42 Å². The summed E-state index contributed by atoms with van der Waals surface area (Å²) >= 11 is 0. The Morgan fingerprint density at radius 3 is 2.00 bits per heavy atom. The van der Waals surface area contributed by atoms with Gasteiger partial charge in [-0.2, -0.15) is 0 Å². The maximum Gasteiger partial charge on any atom is 0.198 e. The van der Waals surface area contributed by atoms with Crippen LogP contribution in [0.15, 0.2) is 0 Å². The first-order valence-electron chi connectivity index (χ1n) is 2.91. The Balaban J connectivity index is 3.24. The van der Waals surface area contributed by atoms with Gasteiger partial charge in [-0.1, -0.05) is 20.8 Å². The Kier molecular flexibility index (Phi) is 2.74. The second-order valence-electron chi connectivity index (χ2n) is 3.20. The molecule has 0 saturated heterocycles. The zero-order chi connectivity index (χ0) is 6.62. The highest BCUT2D eigenvalue weighted by molar-refractivity contribution is 5.50. The van der Waals surface area contributed by atoms with Crippen molar-refractivity contribution in [2.45, 2.75) is 33.6 Å². The molecule has 0 amide bonds. The molecular weight excluding hydrogens is 100 g/mol. The van der Waals surface area contributed by atoms with Gasteiger partial charge in [0.2, 0.25) is 0 Å². The molecule has 8 heavy (non-hydrogen) atoms. The van der Waals surface area contributed by atoms with Crippen LogP contribution in [0.2, 0.25) is 0 Å². The third-order valence-electron chi connectivity index (χ3n) is 0.977. The van der Waals surface area contributed by atoms with Gasteiger partial charge in [-0.15, -0.1) is 0 Å². The van der Waals surface area contributed by atoms with Crippen LogP contribution in [-0.4, -0.2) is 6.29 Å². The molecule has 0 bridgehead atoms. The topological polar surface area (TPSA) is 17.1 Å². The van der Waals surface area contributed by atoms with Crippen LogP contribution in [0.1, 0.15) is 33.6 Å². The van der Waals surface area contributed by atoms with Gasteiger partial charge in [0.1, 0.15) is 0 Å². The van der Waals surface area contributed by atoms with Crippen LogP contribution in [0.3, 0.4) is 0 Å². The summed E-state index contributed by atoms with van der Waals surface area (Å²) in [6.07, 6.45) is 3.39. The first-order chi connectivity index (χ1) is 3.56. The van der Waals surface area contributed by atoms with Crippen LogP contribution in [0.25, 0.3) is 0 Å². The summed E-state index contributed by atoms with van der Waals surface area (Å²) in [5, 5.41) is 0. The number of hydrogen-bond donors (Lipinski definition) is 0. The molecule has 1 radical (unpaired) electrons. The smallest absolute Gasteiger partial charge is 0.198 e. The van der Waals surface area contributed by atoms with Crippen molar-refractivity contribution in [1.29, 1.82) is 0 Å². The highest BCUT2D eigenvalue weighted by atomic mass is 16.1. The normalized spacial score (nSPS) is 11.4. The minimum atomic E-state index is 0.289. The maximum atomic E-state index is 9.73. The average molecular weight is 113 g/mol. The van der Waals surface area contributed by atoms with Crippen molar-refractivity contribution in [3.05, 3.63) is 0 Å². The molecule has 0 rings (SSSR count). The summed E-state index contributed by atoms with van der Waals surface area (Å²) in [5.41, 5.74) is 0.289. The molecule has 0 aliphatic rings. The first kappa shape index (κ1) is 7.67. The van der Waals surface area contributed by atoms with E-state index < -0.39 is 0 Å². The minimum absolute atomic E-state index is 0.289. The average Bonchev–Trinajstić information content (AvgIpc) is 1.59. The van der Waals surface area contributed by atoms with Crippen molar-refractivity contribution in [2.75, 3.05) is 0 Å². The Hall–Kier alpha value is -0.330. The third-order valence-corrected chi connectivity index (χ3v) is 0.977. The fraction of sp³-hybridized carbons (Fsp3) is 0.857. The van der Waals surface area contributed by atoms with Crippen LogP contribution in [0.4, 0.5) is 0 Å². The predicted octanol–water partition coefficient (Wildman–Crippen LogP) is 1.92. The van der Waals surface area contributed by atoms with Gasteiger partial charge in [0.25, 0.3) is 0 Å². The number of hydrogen-bond acceptors (Lipinski definition) is 1. The first-order valence-corrected chi connectivity index (χ1v) is 2.91. The molecule has 0 aromatic carbocycles. The quantitative estimate of drug-likeness (QED) is 0.534. The van der Waals surface area contributed by atoms with Gasteiger partial charge >= 0.3 is 0 Å². The van der Waals surface area contributed by atoms with E-state index in [1.54, 1.807) is 0 Å². The fourth-order valence-corrected chi connectivity index (χ4v) is 0.426. The van der Waals surface area contributed by atoms with E-state index in [2.05, 4.69) is 20.8 Å². The van der Waals surface area contributed by atoms with Crippen LogP contribution < -0.4 is 0 Å². The van der Waals surface area contributed by atoms with E-state index in [1.807, 2.05) is 6.29 Å². The molecule has 0 fully saturated rings. The second-order valence-corrected chi connectivity index (χ2v) is 3.20.